The molecule has 0 unspecified atom stereocenters. The molecule has 1 aromatic carbocycles. The van der Waals surface area contributed by atoms with Gasteiger partial charge in [0, 0.05) is 16.5 Å². The Morgan fingerprint density at radius 3 is 2.41 bits per heavy atom. The molecule has 0 saturated carbocycles. The average Bonchev–Trinajstić information content (AvgIpc) is 2.39. The number of hydrogen-bond donors (Lipinski definition) is 0. The summed E-state index contributed by atoms with van der Waals surface area (Å²) < 4.78 is 0. The summed E-state index contributed by atoms with van der Waals surface area (Å²) in [5.41, 5.74) is 0.796. The number of halogens is 1. The summed E-state index contributed by atoms with van der Waals surface area (Å²) in [5.74, 6) is 0.469. The lowest BCUT2D eigenvalue weighted by molar-refractivity contribution is 0.0844. The first-order chi connectivity index (χ1) is 8.20. The Morgan fingerprint density at radius 2 is 1.88 bits per heavy atom. The predicted octanol–water partition coefficient (Wildman–Crippen LogP) is 3.25. The normalized spacial score (nSPS) is 18.2. The van der Waals surface area contributed by atoms with Gasteiger partial charge >= 0.3 is 0 Å². The molecule has 2 rings (SSSR count). The van der Waals surface area contributed by atoms with E-state index in [1.54, 1.807) is 12.1 Å². The molecule has 1 heterocycles. The van der Waals surface area contributed by atoms with Crippen LogP contribution < -0.4 is 0 Å². The van der Waals surface area contributed by atoms with Crippen LogP contribution >= 0.6 is 11.6 Å². The molecular formula is C14H18ClNO. The lowest BCUT2D eigenvalue weighted by atomic mass is 9.89. The third-order valence-electron chi connectivity index (χ3n) is 3.53. The topological polar surface area (TPSA) is 20.3 Å². The van der Waals surface area contributed by atoms with Gasteiger partial charge < -0.3 is 4.90 Å². The Kier molecular flexibility index (Phi) is 4.19. The molecule has 1 aliphatic heterocycles. The highest BCUT2D eigenvalue weighted by molar-refractivity contribution is 6.30. The highest BCUT2D eigenvalue weighted by Gasteiger charge is 2.24. The highest BCUT2D eigenvalue weighted by atomic mass is 35.5. The van der Waals surface area contributed by atoms with Gasteiger partial charge in [0.1, 0.15) is 0 Å². The number of carbonyl (C=O) groups is 1. The summed E-state index contributed by atoms with van der Waals surface area (Å²) in [6, 6.07) is 7.24. The molecule has 0 aromatic heterocycles. The van der Waals surface area contributed by atoms with E-state index in [-0.39, 0.29) is 11.7 Å². The molecule has 0 atom stereocenters. The molecule has 17 heavy (non-hydrogen) atoms. The third kappa shape index (κ3) is 3.08. The summed E-state index contributed by atoms with van der Waals surface area (Å²) in [6.45, 7) is 5.34. The lowest BCUT2D eigenvalue weighted by Gasteiger charge is -2.30. The van der Waals surface area contributed by atoms with Gasteiger partial charge in [-0.05, 0) is 56.7 Å². The van der Waals surface area contributed by atoms with Crippen molar-refractivity contribution in [2.24, 2.45) is 5.92 Å². The van der Waals surface area contributed by atoms with Crippen LogP contribution in [0.5, 0.6) is 0 Å². The summed E-state index contributed by atoms with van der Waals surface area (Å²) in [6.07, 6.45) is 1.96. The van der Waals surface area contributed by atoms with Gasteiger partial charge in [-0.15, -0.1) is 0 Å². The summed E-state index contributed by atoms with van der Waals surface area (Å²) in [7, 11) is 0. The first-order valence-electron chi connectivity index (χ1n) is 6.23. The van der Waals surface area contributed by atoms with Gasteiger partial charge in [0.05, 0.1) is 0 Å². The van der Waals surface area contributed by atoms with Crippen LogP contribution in [0.2, 0.25) is 5.02 Å². The summed E-state index contributed by atoms with van der Waals surface area (Å²) >= 11 is 5.82. The fourth-order valence-corrected chi connectivity index (χ4v) is 2.49. The zero-order chi connectivity index (χ0) is 12.3. The minimum absolute atomic E-state index is 0.193. The monoisotopic (exact) mass is 251 g/mol. The second kappa shape index (κ2) is 5.65. The van der Waals surface area contributed by atoms with E-state index in [0.717, 1.165) is 38.0 Å². The van der Waals surface area contributed by atoms with E-state index in [9.17, 15) is 4.79 Å². The van der Waals surface area contributed by atoms with Gasteiger partial charge in [0.2, 0.25) is 0 Å². The molecule has 0 bridgehead atoms. The van der Waals surface area contributed by atoms with Crippen molar-refractivity contribution in [3.8, 4) is 0 Å². The maximum atomic E-state index is 12.2. The Balaban J connectivity index is 1.99. The third-order valence-corrected chi connectivity index (χ3v) is 3.79. The number of hydrogen-bond acceptors (Lipinski definition) is 2. The zero-order valence-electron chi connectivity index (χ0n) is 10.2. The summed E-state index contributed by atoms with van der Waals surface area (Å²) in [5, 5.41) is 0.683. The van der Waals surface area contributed by atoms with Crippen LogP contribution in [0.3, 0.4) is 0 Å². The van der Waals surface area contributed by atoms with Crippen molar-refractivity contribution in [3.05, 3.63) is 34.9 Å². The summed E-state index contributed by atoms with van der Waals surface area (Å²) in [4.78, 5) is 14.6. The van der Waals surface area contributed by atoms with Crippen molar-refractivity contribution >= 4 is 17.4 Å². The lowest BCUT2D eigenvalue weighted by Crippen LogP contribution is -2.36. The Bertz CT molecular complexity index is 380. The van der Waals surface area contributed by atoms with Crippen LogP contribution in [0.15, 0.2) is 24.3 Å². The number of ketones is 1. The molecule has 92 valence electrons. The van der Waals surface area contributed by atoms with Gasteiger partial charge in [-0.2, -0.15) is 0 Å². The number of carbonyl (C=O) groups excluding carboxylic acids is 1. The van der Waals surface area contributed by atoms with Crippen LogP contribution in [0.1, 0.15) is 30.1 Å². The van der Waals surface area contributed by atoms with E-state index in [1.807, 2.05) is 12.1 Å². The van der Waals surface area contributed by atoms with E-state index >= 15 is 0 Å². The first kappa shape index (κ1) is 12.6. The molecule has 3 heteroatoms. The quantitative estimate of drug-likeness (QED) is 0.769. The zero-order valence-corrected chi connectivity index (χ0v) is 10.9. The number of likely N-dealkylation sites (tertiary alicyclic amines) is 1. The van der Waals surface area contributed by atoms with Crippen molar-refractivity contribution in [1.82, 2.24) is 4.90 Å². The maximum Gasteiger partial charge on any atom is 0.166 e. The van der Waals surface area contributed by atoms with Crippen molar-refractivity contribution < 1.29 is 4.79 Å². The molecule has 1 aromatic rings. The molecule has 0 spiro atoms. The SMILES string of the molecule is CCN1CCC(C(=O)c2ccc(Cl)cc2)CC1. The second-order valence-corrected chi connectivity index (χ2v) is 5.02. The Labute approximate surface area is 108 Å². The number of benzene rings is 1. The van der Waals surface area contributed by atoms with Gasteiger partial charge in [0.25, 0.3) is 0 Å². The van der Waals surface area contributed by atoms with E-state index in [0.29, 0.717) is 5.02 Å². The van der Waals surface area contributed by atoms with Crippen molar-refractivity contribution in [2.75, 3.05) is 19.6 Å². The largest absolute Gasteiger partial charge is 0.304 e. The fraction of sp³-hybridized carbons (Fsp3) is 0.500. The van der Waals surface area contributed by atoms with Gasteiger partial charge in [0.15, 0.2) is 5.78 Å². The molecule has 1 aliphatic rings. The van der Waals surface area contributed by atoms with E-state index in [4.69, 9.17) is 11.6 Å². The smallest absolute Gasteiger partial charge is 0.166 e. The number of rotatable bonds is 3. The molecule has 0 aliphatic carbocycles. The molecule has 1 saturated heterocycles. The van der Waals surface area contributed by atoms with Crippen LogP contribution in [-0.2, 0) is 0 Å². The van der Waals surface area contributed by atoms with Crippen LogP contribution in [0, 0.1) is 5.92 Å². The Hall–Kier alpha value is -0.860. The van der Waals surface area contributed by atoms with Crippen molar-refractivity contribution in [2.45, 2.75) is 19.8 Å². The highest BCUT2D eigenvalue weighted by Crippen LogP contribution is 2.22. The number of nitrogens with zero attached hydrogens (tertiary/aromatic N) is 1. The molecule has 0 N–H and O–H groups in total. The van der Waals surface area contributed by atoms with Crippen LogP contribution in [0.4, 0.5) is 0 Å². The minimum atomic E-state index is 0.193. The standard InChI is InChI=1S/C14H18ClNO/c1-2-16-9-7-12(8-10-16)14(17)11-3-5-13(15)6-4-11/h3-6,12H,2,7-10H2,1H3. The number of piperidine rings is 1. The molecule has 2 nitrogen and oxygen atoms in total. The molecule has 1 fully saturated rings. The van der Waals surface area contributed by atoms with E-state index in [1.165, 1.54) is 0 Å². The van der Waals surface area contributed by atoms with Gasteiger partial charge in [-0.25, -0.2) is 0 Å². The van der Waals surface area contributed by atoms with Crippen molar-refractivity contribution in [1.29, 1.82) is 0 Å². The van der Waals surface area contributed by atoms with E-state index in [2.05, 4.69) is 11.8 Å². The van der Waals surface area contributed by atoms with Crippen LogP contribution in [-0.4, -0.2) is 30.3 Å². The second-order valence-electron chi connectivity index (χ2n) is 4.58. The van der Waals surface area contributed by atoms with E-state index < -0.39 is 0 Å². The first-order valence-corrected chi connectivity index (χ1v) is 6.60. The van der Waals surface area contributed by atoms with Gasteiger partial charge in [-0.3, -0.25) is 4.79 Å². The predicted molar refractivity (Wildman–Crippen MR) is 70.6 cm³/mol. The van der Waals surface area contributed by atoms with Gasteiger partial charge in [-0.1, -0.05) is 18.5 Å². The number of Topliss-reactive ketones (excluding diaryl/α,β-unsaturated/α-hetero) is 1. The molecule has 0 amide bonds. The van der Waals surface area contributed by atoms with Crippen molar-refractivity contribution in [3.63, 3.8) is 0 Å². The fourth-order valence-electron chi connectivity index (χ4n) is 2.36. The Morgan fingerprint density at radius 1 is 1.29 bits per heavy atom. The molecular weight excluding hydrogens is 234 g/mol. The maximum absolute atomic E-state index is 12.2. The van der Waals surface area contributed by atoms with Crippen LogP contribution in [0.25, 0.3) is 0 Å². The average molecular weight is 252 g/mol. The molecule has 0 radical (unpaired) electrons. The minimum Gasteiger partial charge on any atom is -0.304 e.